The summed E-state index contributed by atoms with van der Waals surface area (Å²) in [5, 5.41) is 14.9. The zero-order valence-corrected chi connectivity index (χ0v) is 19.4. The second kappa shape index (κ2) is 10.7. The zero-order chi connectivity index (χ0) is 24.8. The number of nitro groups is 1. The minimum Gasteiger partial charge on any atom is -0.477 e. The van der Waals surface area contributed by atoms with Crippen molar-refractivity contribution in [2.75, 3.05) is 13.4 Å². The predicted molar refractivity (Wildman–Crippen MR) is 126 cm³/mol. The molecule has 11 nitrogen and oxygen atoms in total. The van der Waals surface area contributed by atoms with E-state index >= 15 is 0 Å². The van der Waals surface area contributed by atoms with Crippen LogP contribution in [-0.4, -0.2) is 36.4 Å². The van der Waals surface area contributed by atoms with E-state index in [0.29, 0.717) is 27.1 Å². The molecule has 178 valence electrons. The molecule has 0 unspecified atom stereocenters. The molecule has 0 aliphatic carbocycles. The second-order valence-electron chi connectivity index (χ2n) is 6.98. The van der Waals surface area contributed by atoms with Crippen molar-refractivity contribution in [3.63, 3.8) is 0 Å². The van der Waals surface area contributed by atoms with E-state index in [9.17, 15) is 19.7 Å². The van der Waals surface area contributed by atoms with Gasteiger partial charge in [0.05, 0.1) is 16.7 Å². The number of nitrogens with one attached hydrogen (secondary N) is 1. The summed E-state index contributed by atoms with van der Waals surface area (Å²) in [5.41, 5.74) is 2.83. The van der Waals surface area contributed by atoms with Gasteiger partial charge < -0.3 is 18.9 Å². The van der Waals surface area contributed by atoms with E-state index in [1.54, 1.807) is 42.5 Å². The third-order valence-electron chi connectivity index (χ3n) is 4.56. The molecule has 0 bridgehead atoms. The van der Waals surface area contributed by atoms with Crippen LogP contribution in [0.2, 0.25) is 0 Å². The SMILES string of the molecule is O=C(COc1ccc(Br)cc1[N+](=O)[O-])N/N=C/c1cccc(OC(=O)c2ccc3c(c2)OCO3)c1. The Labute approximate surface area is 206 Å². The molecule has 1 heterocycles. The van der Waals surface area contributed by atoms with Crippen LogP contribution in [0.3, 0.4) is 0 Å². The fourth-order valence-electron chi connectivity index (χ4n) is 2.96. The van der Waals surface area contributed by atoms with Crippen molar-refractivity contribution in [2.24, 2.45) is 5.10 Å². The first kappa shape index (κ1) is 23.7. The highest BCUT2D eigenvalue weighted by Crippen LogP contribution is 2.33. The molecule has 3 aromatic carbocycles. The van der Waals surface area contributed by atoms with E-state index in [1.807, 2.05) is 0 Å². The number of benzene rings is 3. The Morgan fingerprint density at radius 1 is 1.11 bits per heavy atom. The van der Waals surface area contributed by atoms with E-state index < -0.39 is 23.4 Å². The fourth-order valence-corrected chi connectivity index (χ4v) is 3.31. The lowest BCUT2D eigenvalue weighted by atomic mass is 10.2. The van der Waals surface area contributed by atoms with Crippen LogP contribution >= 0.6 is 15.9 Å². The highest BCUT2D eigenvalue weighted by molar-refractivity contribution is 9.10. The van der Waals surface area contributed by atoms with Gasteiger partial charge in [0.25, 0.3) is 5.91 Å². The molecule has 4 rings (SSSR count). The molecule has 0 fully saturated rings. The molecular formula is C23H16BrN3O8. The molecule has 12 heteroatoms. The Kier molecular flexibility index (Phi) is 7.21. The maximum absolute atomic E-state index is 12.4. The van der Waals surface area contributed by atoms with Crippen molar-refractivity contribution in [3.8, 4) is 23.0 Å². The van der Waals surface area contributed by atoms with Gasteiger partial charge in [0.1, 0.15) is 5.75 Å². The van der Waals surface area contributed by atoms with Gasteiger partial charge in [-0.1, -0.05) is 28.1 Å². The van der Waals surface area contributed by atoms with Crippen LogP contribution in [-0.2, 0) is 4.79 Å². The third-order valence-corrected chi connectivity index (χ3v) is 5.05. The topological polar surface area (TPSA) is 139 Å². The van der Waals surface area contributed by atoms with Gasteiger partial charge in [0.2, 0.25) is 6.79 Å². The van der Waals surface area contributed by atoms with Crippen LogP contribution in [0.25, 0.3) is 0 Å². The molecule has 0 aromatic heterocycles. The van der Waals surface area contributed by atoms with Crippen molar-refractivity contribution in [2.45, 2.75) is 0 Å². The number of ether oxygens (including phenoxy) is 4. The Balaban J connectivity index is 1.31. The Morgan fingerprint density at radius 2 is 1.94 bits per heavy atom. The number of rotatable bonds is 8. The number of carbonyl (C=O) groups excluding carboxylic acids is 2. The fraction of sp³-hybridized carbons (Fsp3) is 0.0870. The number of fused-ring (bicyclic) bond motifs is 1. The van der Waals surface area contributed by atoms with Gasteiger partial charge >= 0.3 is 11.7 Å². The lowest BCUT2D eigenvalue weighted by Crippen LogP contribution is -2.24. The first-order valence-electron chi connectivity index (χ1n) is 9.99. The Hall–Kier alpha value is -4.45. The Morgan fingerprint density at radius 3 is 2.77 bits per heavy atom. The maximum Gasteiger partial charge on any atom is 0.343 e. The van der Waals surface area contributed by atoms with Gasteiger partial charge in [-0.25, -0.2) is 10.2 Å². The number of nitro benzene ring substituents is 1. The van der Waals surface area contributed by atoms with Crippen LogP contribution in [0.15, 0.2) is 70.2 Å². The van der Waals surface area contributed by atoms with Crippen LogP contribution in [0.5, 0.6) is 23.0 Å². The Bertz CT molecular complexity index is 1330. The van der Waals surface area contributed by atoms with E-state index in [2.05, 4.69) is 26.5 Å². The molecule has 0 radical (unpaired) electrons. The van der Waals surface area contributed by atoms with Gasteiger partial charge in [-0.15, -0.1) is 0 Å². The highest BCUT2D eigenvalue weighted by Gasteiger charge is 2.18. The van der Waals surface area contributed by atoms with Gasteiger partial charge in [-0.3, -0.25) is 14.9 Å². The summed E-state index contributed by atoms with van der Waals surface area (Å²) in [4.78, 5) is 34.9. The number of halogens is 1. The predicted octanol–water partition coefficient (Wildman–Crippen LogP) is 3.83. The number of carbonyl (C=O) groups is 2. The van der Waals surface area contributed by atoms with Crippen molar-refractivity contribution in [1.29, 1.82) is 0 Å². The van der Waals surface area contributed by atoms with Gasteiger partial charge in [0.15, 0.2) is 23.9 Å². The first-order valence-corrected chi connectivity index (χ1v) is 10.8. The maximum atomic E-state index is 12.4. The zero-order valence-electron chi connectivity index (χ0n) is 17.8. The van der Waals surface area contributed by atoms with Gasteiger partial charge in [-0.2, -0.15) is 5.10 Å². The molecule has 0 saturated carbocycles. The molecule has 35 heavy (non-hydrogen) atoms. The molecule has 0 atom stereocenters. The van der Waals surface area contributed by atoms with Crippen LogP contribution in [0.4, 0.5) is 5.69 Å². The molecule has 1 amide bonds. The lowest BCUT2D eigenvalue weighted by Gasteiger charge is -2.06. The van der Waals surface area contributed by atoms with Crippen molar-refractivity contribution in [3.05, 3.63) is 86.4 Å². The molecule has 1 aliphatic rings. The van der Waals surface area contributed by atoms with Crippen molar-refractivity contribution < 1.29 is 33.5 Å². The smallest absolute Gasteiger partial charge is 0.343 e. The molecule has 0 saturated heterocycles. The minimum absolute atomic E-state index is 0.0469. The monoisotopic (exact) mass is 541 g/mol. The van der Waals surface area contributed by atoms with Crippen LogP contribution < -0.4 is 24.4 Å². The largest absolute Gasteiger partial charge is 0.477 e. The van der Waals surface area contributed by atoms with Crippen LogP contribution in [0, 0.1) is 10.1 Å². The third kappa shape index (κ3) is 6.12. The molecule has 1 N–H and O–H groups in total. The standard InChI is InChI=1S/C23H16BrN3O8/c24-16-5-7-19(18(10-16)27(30)31)32-12-22(28)26-25-11-14-2-1-3-17(8-14)35-23(29)15-4-6-20-21(9-15)34-13-33-20/h1-11H,12-13H2,(H,26,28)/b25-11+. The molecule has 0 spiro atoms. The average Bonchev–Trinajstić information content (AvgIpc) is 3.31. The number of amides is 1. The number of hydrogen-bond donors (Lipinski definition) is 1. The van der Waals surface area contributed by atoms with E-state index in [0.717, 1.165) is 0 Å². The summed E-state index contributed by atoms with van der Waals surface area (Å²) in [6.07, 6.45) is 1.35. The lowest BCUT2D eigenvalue weighted by molar-refractivity contribution is -0.385. The number of hydrogen-bond acceptors (Lipinski definition) is 9. The summed E-state index contributed by atoms with van der Waals surface area (Å²) in [6.45, 7) is -0.380. The average molecular weight is 542 g/mol. The summed E-state index contributed by atoms with van der Waals surface area (Å²) in [6, 6.07) is 15.5. The van der Waals surface area contributed by atoms with Gasteiger partial charge in [0, 0.05) is 10.5 Å². The first-order chi connectivity index (χ1) is 16.9. The molecule has 1 aliphatic heterocycles. The number of esters is 1. The molecular weight excluding hydrogens is 526 g/mol. The summed E-state index contributed by atoms with van der Waals surface area (Å²) in [5.74, 6) is 0.0499. The van der Waals surface area contributed by atoms with E-state index in [4.69, 9.17) is 18.9 Å². The summed E-state index contributed by atoms with van der Waals surface area (Å²) >= 11 is 3.15. The van der Waals surface area contributed by atoms with E-state index in [-0.39, 0.29) is 24.0 Å². The number of hydrazone groups is 1. The van der Waals surface area contributed by atoms with Crippen molar-refractivity contribution in [1.82, 2.24) is 5.43 Å². The van der Waals surface area contributed by atoms with E-state index in [1.165, 1.54) is 24.4 Å². The number of nitrogens with zero attached hydrogens (tertiary/aromatic N) is 2. The quantitative estimate of drug-likeness (QED) is 0.149. The highest BCUT2D eigenvalue weighted by atomic mass is 79.9. The second-order valence-corrected chi connectivity index (χ2v) is 7.90. The van der Waals surface area contributed by atoms with Crippen molar-refractivity contribution >= 4 is 39.7 Å². The summed E-state index contributed by atoms with van der Waals surface area (Å²) in [7, 11) is 0. The minimum atomic E-state index is -0.621. The summed E-state index contributed by atoms with van der Waals surface area (Å²) < 4.78 is 21.6. The molecule has 3 aromatic rings. The van der Waals surface area contributed by atoms with Crippen LogP contribution in [0.1, 0.15) is 15.9 Å². The normalized spacial score (nSPS) is 11.8. The van der Waals surface area contributed by atoms with Gasteiger partial charge in [-0.05, 0) is 48.0 Å².